The summed E-state index contributed by atoms with van der Waals surface area (Å²) >= 11 is 6.03. The van der Waals surface area contributed by atoms with E-state index in [1.54, 1.807) is 0 Å². The highest BCUT2D eigenvalue weighted by molar-refractivity contribution is 6.30. The third-order valence-corrected chi connectivity index (χ3v) is 4.97. The van der Waals surface area contributed by atoms with Crippen LogP contribution in [-0.4, -0.2) is 30.6 Å². The van der Waals surface area contributed by atoms with Gasteiger partial charge in [0.1, 0.15) is 0 Å². The van der Waals surface area contributed by atoms with Crippen molar-refractivity contribution in [2.45, 2.75) is 26.4 Å². The quantitative estimate of drug-likeness (QED) is 0.892. The lowest BCUT2D eigenvalue weighted by molar-refractivity contribution is 0.117. The van der Waals surface area contributed by atoms with Gasteiger partial charge in [-0.25, -0.2) is 0 Å². The molecule has 2 nitrogen and oxygen atoms in total. The van der Waals surface area contributed by atoms with E-state index in [1.807, 2.05) is 12.1 Å². The Hall–Kier alpha value is -1.35. The third kappa shape index (κ3) is 3.95. The Balaban J connectivity index is 1.87. The lowest BCUT2D eigenvalue weighted by Crippen LogP contribution is -2.53. The van der Waals surface area contributed by atoms with Gasteiger partial charge in [-0.2, -0.15) is 0 Å². The molecule has 1 aliphatic rings. The van der Waals surface area contributed by atoms with Crippen molar-refractivity contribution in [3.05, 3.63) is 59.1 Å². The van der Waals surface area contributed by atoms with Gasteiger partial charge in [0.05, 0.1) is 0 Å². The minimum absolute atomic E-state index is 0.599. The van der Waals surface area contributed by atoms with E-state index in [0.29, 0.717) is 12.0 Å². The molecule has 1 aliphatic heterocycles. The fraction of sp³-hybridized carbons (Fsp3) is 0.400. The predicted octanol–water partition coefficient (Wildman–Crippen LogP) is 4.44. The maximum atomic E-state index is 6.03. The average molecular weight is 329 g/mol. The lowest BCUT2D eigenvalue weighted by atomic mass is 9.96. The van der Waals surface area contributed by atoms with Crippen molar-refractivity contribution in [3.8, 4) is 11.1 Å². The number of halogens is 1. The molecule has 23 heavy (non-hydrogen) atoms. The molecule has 1 unspecified atom stereocenters. The maximum Gasteiger partial charge on any atom is 0.0406 e. The van der Waals surface area contributed by atoms with Gasteiger partial charge in [0, 0.05) is 37.2 Å². The van der Waals surface area contributed by atoms with E-state index < -0.39 is 0 Å². The van der Waals surface area contributed by atoms with Crippen LogP contribution >= 0.6 is 11.6 Å². The minimum Gasteiger partial charge on any atom is -0.314 e. The molecule has 2 aromatic carbocycles. The predicted molar refractivity (Wildman–Crippen MR) is 98.8 cm³/mol. The summed E-state index contributed by atoms with van der Waals surface area (Å²) in [6, 6.07) is 17.5. The molecule has 0 bridgehead atoms. The third-order valence-electron chi connectivity index (χ3n) is 4.71. The highest BCUT2D eigenvalue weighted by Gasteiger charge is 2.25. The van der Waals surface area contributed by atoms with Gasteiger partial charge in [-0.1, -0.05) is 61.8 Å². The van der Waals surface area contributed by atoms with Crippen molar-refractivity contribution < 1.29 is 0 Å². The molecule has 0 radical (unpaired) electrons. The van der Waals surface area contributed by atoms with Crippen LogP contribution in [0.25, 0.3) is 11.1 Å². The summed E-state index contributed by atoms with van der Waals surface area (Å²) in [6.45, 7) is 8.90. The standard InChI is InChI=1S/C20H25ClN2/c1-15(2)20-13-22-11-12-23(20)14-17-5-3-4-6-19(17)16-7-9-18(21)10-8-16/h3-10,15,20,22H,11-14H2,1-2H3. The zero-order valence-electron chi connectivity index (χ0n) is 13.9. The Morgan fingerprint density at radius 2 is 1.87 bits per heavy atom. The molecular weight excluding hydrogens is 304 g/mol. The largest absolute Gasteiger partial charge is 0.314 e. The molecule has 1 N–H and O–H groups in total. The van der Waals surface area contributed by atoms with Gasteiger partial charge in [-0.3, -0.25) is 4.90 Å². The van der Waals surface area contributed by atoms with Gasteiger partial charge in [-0.15, -0.1) is 0 Å². The molecular formula is C20H25ClN2. The van der Waals surface area contributed by atoms with Gasteiger partial charge < -0.3 is 5.32 Å². The SMILES string of the molecule is CC(C)C1CNCCN1Cc1ccccc1-c1ccc(Cl)cc1. The highest BCUT2D eigenvalue weighted by Crippen LogP contribution is 2.27. The van der Waals surface area contributed by atoms with Crippen LogP contribution in [0.5, 0.6) is 0 Å². The van der Waals surface area contributed by atoms with E-state index in [2.05, 4.69) is 60.5 Å². The Kier molecular flexibility index (Phi) is 5.37. The maximum absolute atomic E-state index is 6.03. The van der Waals surface area contributed by atoms with E-state index in [0.717, 1.165) is 31.2 Å². The van der Waals surface area contributed by atoms with Gasteiger partial charge in [-0.05, 0) is 34.7 Å². The van der Waals surface area contributed by atoms with Gasteiger partial charge in [0.25, 0.3) is 0 Å². The number of nitrogens with one attached hydrogen (secondary N) is 1. The fourth-order valence-electron chi connectivity index (χ4n) is 3.41. The van der Waals surface area contributed by atoms with Crippen LogP contribution in [0.4, 0.5) is 0 Å². The van der Waals surface area contributed by atoms with Crippen molar-refractivity contribution in [2.75, 3.05) is 19.6 Å². The molecule has 1 heterocycles. The molecule has 3 heteroatoms. The molecule has 0 aromatic heterocycles. The van der Waals surface area contributed by atoms with E-state index in [9.17, 15) is 0 Å². The zero-order valence-corrected chi connectivity index (χ0v) is 14.7. The summed E-state index contributed by atoms with van der Waals surface area (Å²) in [6.07, 6.45) is 0. The van der Waals surface area contributed by atoms with E-state index >= 15 is 0 Å². The molecule has 0 amide bonds. The number of rotatable bonds is 4. The van der Waals surface area contributed by atoms with Crippen molar-refractivity contribution in [3.63, 3.8) is 0 Å². The second kappa shape index (κ2) is 7.48. The topological polar surface area (TPSA) is 15.3 Å². The number of benzene rings is 2. The fourth-order valence-corrected chi connectivity index (χ4v) is 3.54. The summed E-state index contributed by atoms with van der Waals surface area (Å²) in [5.74, 6) is 0.658. The molecule has 0 spiro atoms. The van der Waals surface area contributed by atoms with Crippen molar-refractivity contribution in [1.82, 2.24) is 10.2 Å². The second-order valence-corrected chi connectivity index (χ2v) is 7.09. The van der Waals surface area contributed by atoms with Crippen LogP contribution < -0.4 is 5.32 Å². The second-order valence-electron chi connectivity index (χ2n) is 6.65. The Bertz CT molecular complexity index is 636. The monoisotopic (exact) mass is 328 g/mol. The van der Waals surface area contributed by atoms with Crippen molar-refractivity contribution in [1.29, 1.82) is 0 Å². The first-order chi connectivity index (χ1) is 11.1. The first-order valence-corrected chi connectivity index (χ1v) is 8.81. The van der Waals surface area contributed by atoms with Crippen molar-refractivity contribution >= 4 is 11.6 Å². The molecule has 1 fully saturated rings. The minimum atomic E-state index is 0.599. The Labute approximate surface area is 144 Å². The van der Waals surface area contributed by atoms with Crippen LogP contribution in [0.1, 0.15) is 19.4 Å². The first kappa shape index (κ1) is 16.5. The van der Waals surface area contributed by atoms with Crippen LogP contribution in [0, 0.1) is 5.92 Å². The Morgan fingerprint density at radius 1 is 1.13 bits per heavy atom. The number of hydrogen-bond donors (Lipinski definition) is 1. The zero-order chi connectivity index (χ0) is 16.2. The van der Waals surface area contributed by atoms with Crippen LogP contribution in [0.2, 0.25) is 5.02 Å². The lowest BCUT2D eigenvalue weighted by Gasteiger charge is -2.39. The highest BCUT2D eigenvalue weighted by atomic mass is 35.5. The van der Waals surface area contributed by atoms with Crippen LogP contribution in [0.3, 0.4) is 0 Å². The first-order valence-electron chi connectivity index (χ1n) is 8.44. The summed E-state index contributed by atoms with van der Waals surface area (Å²) in [5.41, 5.74) is 3.94. The molecule has 1 atom stereocenters. The molecule has 122 valence electrons. The normalized spacial score (nSPS) is 19.2. The van der Waals surface area contributed by atoms with Gasteiger partial charge in [0.15, 0.2) is 0 Å². The van der Waals surface area contributed by atoms with Crippen LogP contribution in [-0.2, 0) is 6.54 Å². The summed E-state index contributed by atoms with van der Waals surface area (Å²) in [7, 11) is 0. The summed E-state index contributed by atoms with van der Waals surface area (Å²) in [4.78, 5) is 2.62. The Morgan fingerprint density at radius 3 is 2.61 bits per heavy atom. The number of piperazine rings is 1. The molecule has 2 aromatic rings. The van der Waals surface area contributed by atoms with Crippen molar-refractivity contribution in [2.24, 2.45) is 5.92 Å². The molecule has 0 aliphatic carbocycles. The smallest absolute Gasteiger partial charge is 0.0406 e. The molecule has 1 saturated heterocycles. The van der Waals surface area contributed by atoms with E-state index in [-0.39, 0.29) is 0 Å². The van der Waals surface area contributed by atoms with Gasteiger partial charge >= 0.3 is 0 Å². The summed E-state index contributed by atoms with van der Waals surface area (Å²) in [5, 5.41) is 4.31. The number of nitrogens with zero attached hydrogens (tertiary/aromatic N) is 1. The molecule has 3 rings (SSSR count). The van der Waals surface area contributed by atoms with E-state index in [1.165, 1.54) is 16.7 Å². The number of hydrogen-bond acceptors (Lipinski definition) is 2. The molecule has 0 saturated carbocycles. The van der Waals surface area contributed by atoms with E-state index in [4.69, 9.17) is 11.6 Å². The van der Waals surface area contributed by atoms with Gasteiger partial charge in [0.2, 0.25) is 0 Å². The van der Waals surface area contributed by atoms with Crippen LogP contribution in [0.15, 0.2) is 48.5 Å². The average Bonchev–Trinajstić information content (AvgIpc) is 2.56. The summed E-state index contributed by atoms with van der Waals surface area (Å²) < 4.78 is 0.